The van der Waals surface area contributed by atoms with E-state index in [9.17, 15) is 74.4 Å². The maximum absolute atomic E-state index is 14.5. The third kappa shape index (κ3) is 7.55. The normalized spacial score (nSPS) is 21.4. The first kappa shape index (κ1) is 37.6. The van der Waals surface area contributed by atoms with E-state index in [0.717, 1.165) is 18.6 Å². The third-order valence-corrected chi connectivity index (χ3v) is 9.99. The van der Waals surface area contributed by atoms with Crippen molar-refractivity contribution in [2.75, 3.05) is 0 Å². The number of nitrogens with one attached hydrogen (secondary N) is 2. The number of halogens is 9. The number of sulfonamides is 3. The molecule has 0 aromatic heterocycles. The number of esters is 2. The van der Waals surface area contributed by atoms with Gasteiger partial charge in [0.15, 0.2) is 0 Å². The van der Waals surface area contributed by atoms with Crippen molar-refractivity contribution in [3.8, 4) is 0 Å². The second-order valence-corrected chi connectivity index (χ2v) is 14.2. The standard InChI is InChI=1S/C18H21F9N2O10S3/c1-8(2)13(30)38-11-5-10(6-12(7-11)39-14(31)9(3)4)28-40(32,33)16(21,22)15(19,20)17(23,24)41(34,35)29-42(36,37)18(25,26)27/h10-12,28-29H,1,3,5-7H2,2,4H3. The molecule has 0 aliphatic heterocycles. The lowest BCUT2D eigenvalue weighted by Gasteiger charge is -2.36. The average Bonchev–Trinajstić information content (AvgIpc) is 2.76. The van der Waals surface area contributed by atoms with Crippen LogP contribution in [-0.2, 0) is 49.1 Å². The van der Waals surface area contributed by atoms with Crippen LogP contribution in [0.5, 0.6) is 0 Å². The second kappa shape index (κ2) is 11.9. The predicted octanol–water partition coefficient (Wildman–Crippen LogP) is 2.02. The van der Waals surface area contributed by atoms with E-state index in [4.69, 9.17) is 9.47 Å². The first-order valence-corrected chi connectivity index (χ1v) is 15.1. The number of carbonyl (C=O) groups excluding carboxylic acids is 2. The Kier molecular flexibility index (Phi) is 10.7. The lowest BCUT2D eigenvalue weighted by Crippen LogP contribution is -2.66. The topological polar surface area (TPSA) is 179 Å². The van der Waals surface area contributed by atoms with Gasteiger partial charge in [-0.25, -0.2) is 39.6 Å². The fourth-order valence-corrected chi connectivity index (χ4v) is 6.78. The minimum atomic E-state index is -7.94. The molecule has 0 aromatic rings. The predicted molar refractivity (Wildman–Crippen MR) is 121 cm³/mol. The Morgan fingerprint density at radius 2 is 1.02 bits per heavy atom. The van der Waals surface area contributed by atoms with Crippen LogP contribution >= 0.6 is 0 Å². The number of hydrogen-bond acceptors (Lipinski definition) is 10. The van der Waals surface area contributed by atoms with Gasteiger partial charge in [0, 0.05) is 36.5 Å². The van der Waals surface area contributed by atoms with E-state index in [-0.39, 0.29) is 11.1 Å². The van der Waals surface area contributed by atoms with Crippen LogP contribution in [0.3, 0.4) is 0 Å². The summed E-state index contributed by atoms with van der Waals surface area (Å²) in [5.41, 5.74) is -7.18. The number of rotatable bonds is 12. The smallest absolute Gasteiger partial charge is 0.459 e. The molecular formula is C18H21F9N2O10S3. The van der Waals surface area contributed by atoms with Gasteiger partial charge in [-0.05, 0) is 13.8 Å². The lowest BCUT2D eigenvalue weighted by atomic mass is 9.91. The minimum Gasteiger partial charge on any atom is -0.459 e. The van der Waals surface area contributed by atoms with E-state index < -0.39 is 106 Å². The van der Waals surface area contributed by atoms with E-state index in [0.29, 0.717) is 0 Å². The molecule has 2 atom stereocenters. The molecular weight excluding hydrogens is 671 g/mol. The molecule has 42 heavy (non-hydrogen) atoms. The number of ether oxygens (including phenoxy) is 2. The zero-order chi connectivity index (χ0) is 33.5. The molecule has 1 saturated carbocycles. The van der Waals surface area contributed by atoms with Crippen molar-refractivity contribution in [1.29, 1.82) is 0 Å². The van der Waals surface area contributed by atoms with Gasteiger partial charge < -0.3 is 9.47 Å². The van der Waals surface area contributed by atoms with Gasteiger partial charge in [-0.1, -0.05) is 17.3 Å². The highest BCUT2D eigenvalue weighted by molar-refractivity contribution is 8.05. The van der Waals surface area contributed by atoms with E-state index in [1.54, 1.807) is 0 Å². The monoisotopic (exact) mass is 692 g/mol. The van der Waals surface area contributed by atoms with E-state index >= 15 is 0 Å². The SMILES string of the molecule is C=C(C)C(=O)OC1CC(NS(=O)(=O)C(F)(F)C(F)(F)C(F)(F)S(=O)(=O)NS(=O)(=O)C(F)(F)F)CC(OC(=O)C(=C)C)C1. The Morgan fingerprint density at radius 3 is 1.36 bits per heavy atom. The van der Waals surface area contributed by atoms with Crippen molar-refractivity contribution in [1.82, 2.24) is 8.85 Å². The van der Waals surface area contributed by atoms with E-state index in [1.165, 1.54) is 0 Å². The van der Waals surface area contributed by atoms with Crippen molar-refractivity contribution in [3.05, 3.63) is 24.3 Å². The summed E-state index contributed by atoms with van der Waals surface area (Å²) >= 11 is 0. The highest BCUT2D eigenvalue weighted by Gasteiger charge is 2.82. The van der Waals surface area contributed by atoms with Crippen LogP contribution in [-0.4, -0.2) is 77.4 Å². The molecule has 2 unspecified atom stereocenters. The molecule has 2 N–H and O–H groups in total. The summed E-state index contributed by atoms with van der Waals surface area (Å²) in [6.45, 7) is 8.77. The van der Waals surface area contributed by atoms with Gasteiger partial charge in [0.1, 0.15) is 12.2 Å². The molecule has 1 rings (SSSR count). The summed E-state index contributed by atoms with van der Waals surface area (Å²) in [7, 11) is -22.5. The largest absolute Gasteiger partial charge is 0.512 e. The Morgan fingerprint density at radius 1 is 0.667 bits per heavy atom. The van der Waals surface area contributed by atoms with Crippen molar-refractivity contribution in [2.45, 2.75) is 73.3 Å². The molecule has 0 amide bonds. The van der Waals surface area contributed by atoms with Gasteiger partial charge in [-0.3, -0.25) is 0 Å². The van der Waals surface area contributed by atoms with Gasteiger partial charge in [0.2, 0.25) is 0 Å². The van der Waals surface area contributed by atoms with Crippen LogP contribution in [0.15, 0.2) is 24.3 Å². The molecule has 12 nitrogen and oxygen atoms in total. The van der Waals surface area contributed by atoms with Crippen molar-refractivity contribution >= 4 is 42.0 Å². The molecule has 244 valence electrons. The molecule has 0 bridgehead atoms. The van der Waals surface area contributed by atoms with Crippen LogP contribution in [0.4, 0.5) is 39.5 Å². The average molecular weight is 693 g/mol. The molecule has 0 aromatic carbocycles. The highest BCUT2D eigenvalue weighted by atomic mass is 32.3. The van der Waals surface area contributed by atoms with Crippen LogP contribution < -0.4 is 8.85 Å². The molecule has 0 spiro atoms. The van der Waals surface area contributed by atoms with Crippen LogP contribution in [0, 0.1) is 0 Å². The molecule has 1 aliphatic carbocycles. The summed E-state index contributed by atoms with van der Waals surface area (Å²) < 4.78 is 202. The zero-order valence-corrected chi connectivity index (χ0v) is 23.4. The Labute approximate surface area is 232 Å². The number of carbonyl (C=O) groups is 2. The fourth-order valence-electron chi connectivity index (χ4n) is 3.05. The quantitative estimate of drug-likeness (QED) is 0.175. The maximum Gasteiger partial charge on any atom is 0.512 e. The molecule has 0 heterocycles. The summed E-state index contributed by atoms with van der Waals surface area (Å²) in [6, 6.07) is -2.06. The summed E-state index contributed by atoms with van der Waals surface area (Å²) in [4.78, 5) is 23.7. The highest BCUT2D eigenvalue weighted by Crippen LogP contribution is 2.51. The Balaban J connectivity index is 3.44. The molecule has 24 heteroatoms. The molecule has 1 fully saturated rings. The molecule has 0 saturated heterocycles. The zero-order valence-electron chi connectivity index (χ0n) is 21.0. The minimum absolute atomic E-state index is 0.232. The van der Waals surface area contributed by atoms with Gasteiger partial charge in [0.05, 0.1) is 0 Å². The van der Waals surface area contributed by atoms with E-state index in [2.05, 4.69) is 13.2 Å². The van der Waals surface area contributed by atoms with Gasteiger partial charge in [-0.15, -0.1) is 0 Å². The van der Waals surface area contributed by atoms with Crippen molar-refractivity contribution in [2.24, 2.45) is 0 Å². The van der Waals surface area contributed by atoms with Crippen LogP contribution in [0.25, 0.3) is 0 Å². The summed E-state index contributed by atoms with van der Waals surface area (Å²) in [6.07, 6.45) is -5.07. The fraction of sp³-hybridized carbons (Fsp3) is 0.667. The van der Waals surface area contributed by atoms with Crippen molar-refractivity contribution < 1.29 is 83.8 Å². The van der Waals surface area contributed by atoms with Crippen LogP contribution in [0.1, 0.15) is 33.1 Å². The van der Waals surface area contributed by atoms with Gasteiger partial charge >= 0.3 is 43.9 Å². The molecule has 1 aliphatic rings. The van der Waals surface area contributed by atoms with Gasteiger partial charge in [0.25, 0.3) is 20.0 Å². The second-order valence-electron chi connectivity index (χ2n) is 8.78. The number of alkyl halides is 9. The maximum atomic E-state index is 14.5. The lowest BCUT2D eigenvalue weighted by molar-refractivity contribution is -0.244. The first-order valence-electron chi connectivity index (χ1n) is 10.7. The Hall–Kier alpha value is -2.44. The molecule has 0 radical (unpaired) electrons. The summed E-state index contributed by atoms with van der Waals surface area (Å²) in [5, 5.41) is -14.7. The van der Waals surface area contributed by atoms with Gasteiger partial charge in [-0.2, -0.15) is 39.5 Å². The Bertz CT molecular complexity index is 1410. The van der Waals surface area contributed by atoms with Crippen LogP contribution in [0.2, 0.25) is 0 Å². The van der Waals surface area contributed by atoms with Crippen molar-refractivity contribution in [3.63, 3.8) is 0 Å². The summed E-state index contributed by atoms with van der Waals surface area (Å²) in [5.74, 6) is -9.89. The third-order valence-electron chi connectivity index (χ3n) is 5.12. The van der Waals surface area contributed by atoms with E-state index in [1.807, 2.05) is 0 Å². The number of hydrogen-bond donors (Lipinski definition) is 2. The first-order chi connectivity index (χ1) is 18.4.